The highest BCUT2D eigenvalue weighted by Gasteiger charge is 2.29. The van der Waals surface area contributed by atoms with Gasteiger partial charge in [-0.05, 0) is 25.3 Å². The van der Waals surface area contributed by atoms with E-state index < -0.39 is 0 Å². The predicted molar refractivity (Wildman–Crippen MR) is 68.5 cm³/mol. The van der Waals surface area contributed by atoms with E-state index >= 15 is 0 Å². The maximum Gasteiger partial charge on any atom is 0.270 e. The predicted octanol–water partition coefficient (Wildman–Crippen LogP) is 2.13. The molecule has 0 aromatic carbocycles. The van der Waals surface area contributed by atoms with Gasteiger partial charge in [0.2, 0.25) is 0 Å². The molecule has 0 bridgehead atoms. The van der Waals surface area contributed by atoms with Crippen molar-refractivity contribution in [1.82, 2.24) is 9.88 Å². The number of nitrogens with one attached hydrogen (secondary N) is 1. The Kier molecular flexibility index (Phi) is 3.66. The Morgan fingerprint density at radius 2 is 2.35 bits per heavy atom. The van der Waals surface area contributed by atoms with Crippen LogP contribution < -0.4 is 5.73 Å². The Morgan fingerprint density at radius 1 is 1.65 bits per heavy atom. The smallest absolute Gasteiger partial charge is 0.270 e. The van der Waals surface area contributed by atoms with Crippen molar-refractivity contribution in [2.45, 2.75) is 19.4 Å². The maximum absolute atomic E-state index is 12.1. The van der Waals surface area contributed by atoms with Crippen molar-refractivity contribution in [1.29, 1.82) is 0 Å². The number of carbonyl (C=O) groups is 1. The van der Waals surface area contributed by atoms with Gasteiger partial charge in [0, 0.05) is 19.1 Å². The van der Waals surface area contributed by atoms with Crippen LogP contribution in [0.1, 0.15) is 23.8 Å². The van der Waals surface area contributed by atoms with Crippen LogP contribution in [0, 0.1) is 5.92 Å². The second kappa shape index (κ2) is 4.88. The molecular formula is C11H15Cl2N3O. The number of nitrogens with zero attached hydrogens (tertiary/aromatic N) is 1. The van der Waals surface area contributed by atoms with E-state index in [1.54, 1.807) is 11.0 Å². The van der Waals surface area contributed by atoms with E-state index in [0.717, 1.165) is 13.0 Å². The molecule has 6 heteroatoms. The van der Waals surface area contributed by atoms with Crippen molar-refractivity contribution < 1.29 is 4.79 Å². The quantitative estimate of drug-likeness (QED) is 0.869. The van der Waals surface area contributed by atoms with Crippen LogP contribution in [-0.4, -0.2) is 34.9 Å². The molecule has 2 rings (SSSR count). The number of aromatic amines is 1. The number of hydrogen-bond donors (Lipinski definition) is 2. The first-order valence-electron chi connectivity index (χ1n) is 5.58. The van der Waals surface area contributed by atoms with Gasteiger partial charge in [-0.3, -0.25) is 4.79 Å². The van der Waals surface area contributed by atoms with Crippen molar-refractivity contribution in [3.05, 3.63) is 21.9 Å². The molecule has 1 aromatic rings. The van der Waals surface area contributed by atoms with Crippen LogP contribution in [-0.2, 0) is 0 Å². The summed E-state index contributed by atoms with van der Waals surface area (Å²) in [6.45, 7) is 3.41. The third kappa shape index (κ3) is 2.59. The number of amides is 1. The fraction of sp³-hybridized carbons (Fsp3) is 0.545. The van der Waals surface area contributed by atoms with Gasteiger partial charge in [-0.25, -0.2) is 0 Å². The Labute approximate surface area is 110 Å². The van der Waals surface area contributed by atoms with Gasteiger partial charge in [-0.2, -0.15) is 0 Å². The molecule has 1 saturated heterocycles. The van der Waals surface area contributed by atoms with E-state index in [4.69, 9.17) is 28.9 Å². The molecule has 2 heterocycles. The fourth-order valence-corrected chi connectivity index (χ4v) is 2.40. The highest BCUT2D eigenvalue weighted by atomic mass is 35.5. The highest BCUT2D eigenvalue weighted by molar-refractivity contribution is 6.41. The summed E-state index contributed by atoms with van der Waals surface area (Å²) in [4.78, 5) is 16.7. The Balaban J connectivity index is 2.07. The number of carbonyl (C=O) groups excluding carboxylic acids is 1. The third-order valence-electron chi connectivity index (χ3n) is 3.21. The molecular weight excluding hydrogens is 261 g/mol. The van der Waals surface area contributed by atoms with E-state index in [1.807, 2.05) is 6.92 Å². The molecule has 1 amide bonds. The third-order valence-corrected chi connectivity index (χ3v) is 3.90. The van der Waals surface area contributed by atoms with Gasteiger partial charge in [0.25, 0.3) is 5.91 Å². The number of aromatic nitrogens is 1. The van der Waals surface area contributed by atoms with E-state index in [2.05, 4.69) is 4.98 Å². The number of H-pyrrole nitrogens is 1. The number of rotatable bonds is 2. The van der Waals surface area contributed by atoms with Crippen LogP contribution in [0.5, 0.6) is 0 Å². The Bertz CT molecular complexity index is 411. The van der Waals surface area contributed by atoms with Gasteiger partial charge < -0.3 is 15.6 Å². The lowest BCUT2D eigenvalue weighted by molar-refractivity contribution is 0.0781. The highest BCUT2D eigenvalue weighted by Crippen LogP contribution is 2.25. The monoisotopic (exact) mass is 275 g/mol. The number of nitrogens with two attached hydrogens (primary N) is 1. The fourth-order valence-electron chi connectivity index (χ4n) is 2.09. The van der Waals surface area contributed by atoms with Crippen LogP contribution in [0.2, 0.25) is 10.2 Å². The van der Waals surface area contributed by atoms with Gasteiger partial charge in [0.1, 0.15) is 10.8 Å². The molecule has 1 aliphatic heterocycles. The molecule has 2 atom stereocenters. The van der Waals surface area contributed by atoms with Crippen LogP contribution in [0.25, 0.3) is 0 Å². The lowest BCUT2D eigenvalue weighted by atomic mass is 10.0. The average molecular weight is 276 g/mol. The normalized spacial score (nSPS) is 21.9. The van der Waals surface area contributed by atoms with Crippen molar-refractivity contribution in [3.63, 3.8) is 0 Å². The second-order valence-corrected chi connectivity index (χ2v) is 5.29. The van der Waals surface area contributed by atoms with Gasteiger partial charge >= 0.3 is 0 Å². The Hall–Kier alpha value is -0.710. The first-order chi connectivity index (χ1) is 7.99. The summed E-state index contributed by atoms with van der Waals surface area (Å²) < 4.78 is 0. The molecule has 3 N–H and O–H groups in total. The maximum atomic E-state index is 12.1. The largest absolute Gasteiger partial charge is 0.340 e. The summed E-state index contributed by atoms with van der Waals surface area (Å²) in [5, 5.41) is 0.677. The number of halogens is 2. The molecule has 2 unspecified atom stereocenters. The molecule has 0 saturated carbocycles. The molecule has 1 aromatic heterocycles. The van der Waals surface area contributed by atoms with E-state index in [-0.39, 0.29) is 11.9 Å². The van der Waals surface area contributed by atoms with Crippen LogP contribution in [0.4, 0.5) is 0 Å². The molecule has 1 fully saturated rings. The summed E-state index contributed by atoms with van der Waals surface area (Å²) in [6, 6.07) is 1.68. The summed E-state index contributed by atoms with van der Waals surface area (Å²) in [5.41, 5.74) is 6.27. The van der Waals surface area contributed by atoms with E-state index in [1.165, 1.54) is 0 Å². The lowest BCUT2D eigenvalue weighted by Gasteiger charge is -2.17. The van der Waals surface area contributed by atoms with Crippen LogP contribution >= 0.6 is 23.2 Å². The topological polar surface area (TPSA) is 62.1 Å². The van der Waals surface area contributed by atoms with Crippen molar-refractivity contribution in [2.24, 2.45) is 11.7 Å². The lowest BCUT2D eigenvalue weighted by Crippen LogP contribution is -2.33. The molecule has 0 radical (unpaired) electrons. The van der Waals surface area contributed by atoms with Crippen molar-refractivity contribution in [3.8, 4) is 0 Å². The van der Waals surface area contributed by atoms with Gasteiger partial charge in [0.15, 0.2) is 0 Å². The molecule has 1 aliphatic rings. The van der Waals surface area contributed by atoms with E-state index in [9.17, 15) is 4.79 Å². The zero-order chi connectivity index (χ0) is 12.6. The van der Waals surface area contributed by atoms with Gasteiger partial charge in [-0.1, -0.05) is 23.2 Å². The van der Waals surface area contributed by atoms with Crippen molar-refractivity contribution in [2.75, 3.05) is 13.1 Å². The molecule has 17 heavy (non-hydrogen) atoms. The number of likely N-dealkylation sites (tertiary alicyclic amines) is 1. The van der Waals surface area contributed by atoms with Crippen LogP contribution in [0.3, 0.4) is 0 Å². The van der Waals surface area contributed by atoms with Gasteiger partial charge in [0.05, 0.1) is 5.02 Å². The number of hydrogen-bond acceptors (Lipinski definition) is 2. The zero-order valence-electron chi connectivity index (χ0n) is 9.54. The van der Waals surface area contributed by atoms with E-state index in [0.29, 0.717) is 28.3 Å². The summed E-state index contributed by atoms with van der Waals surface area (Å²) in [6.07, 6.45) is 0.950. The molecule has 4 nitrogen and oxygen atoms in total. The summed E-state index contributed by atoms with van der Waals surface area (Å²) >= 11 is 11.6. The standard InChI is InChI=1S/C11H15Cl2N3O/c1-6(14)7-2-3-16(5-7)11(17)9-4-8(12)10(13)15-9/h4,6-7,15H,2-3,5,14H2,1H3. The zero-order valence-corrected chi connectivity index (χ0v) is 11.1. The summed E-state index contributed by atoms with van der Waals surface area (Å²) in [7, 11) is 0. The van der Waals surface area contributed by atoms with Crippen LogP contribution in [0.15, 0.2) is 6.07 Å². The SMILES string of the molecule is CC(N)C1CCN(C(=O)c2cc(Cl)c(Cl)[nH]2)C1. The second-order valence-electron chi connectivity index (χ2n) is 4.50. The van der Waals surface area contributed by atoms with Crippen molar-refractivity contribution >= 4 is 29.1 Å². The molecule has 0 spiro atoms. The Morgan fingerprint density at radius 3 is 2.82 bits per heavy atom. The molecule has 0 aliphatic carbocycles. The molecule has 94 valence electrons. The summed E-state index contributed by atoms with van der Waals surface area (Å²) in [5.74, 6) is 0.307. The minimum atomic E-state index is -0.0676. The first kappa shape index (κ1) is 12.7. The minimum absolute atomic E-state index is 0.0676. The van der Waals surface area contributed by atoms with Gasteiger partial charge in [-0.15, -0.1) is 0 Å². The first-order valence-corrected chi connectivity index (χ1v) is 6.33. The minimum Gasteiger partial charge on any atom is -0.340 e. The average Bonchev–Trinajstić information content (AvgIpc) is 2.86.